The first-order valence-corrected chi connectivity index (χ1v) is 24.3. The first kappa shape index (κ1) is 41.0. The standard InChI is InChI=1S/C67H52N2/c1-41-21-28-49(29-22-41)68(63-35-43(3)19-25-45(63)5)51-32-27-47-38-59-62(39-48(47)37-51)67(60-17-11-9-14-54(60)55-15-10-12-18-61(55)67)66-57-34-33-52(40-58(57)53-13-7-8-16-56(53)65(59)66)69(50-30-23-42(2)24-31-50)64-36-44(4)20-26-46(64)6/h7-40H,1-6H3. The molecule has 0 heterocycles. The van der Waals surface area contributed by atoms with Crippen LogP contribution in [0.2, 0.25) is 0 Å². The van der Waals surface area contributed by atoms with E-state index in [2.05, 4.69) is 258 Å². The van der Waals surface area contributed by atoms with Crippen LogP contribution in [0.4, 0.5) is 34.1 Å². The Kier molecular flexibility index (Phi) is 9.17. The summed E-state index contributed by atoms with van der Waals surface area (Å²) in [5.74, 6) is 0. The van der Waals surface area contributed by atoms with Crippen molar-refractivity contribution in [1.82, 2.24) is 0 Å². The van der Waals surface area contributed by atoms with E-state index < -0.39 is 5.41 Å². The lowest BCUT2D eigenvalue weighted by Gasteiger charge is -2.32. The Bertz CT molecular complexity index is 3870. The second-order valence-electron chi connectivity index (χ2n) is 19.7. The number of nitrogens with zero attached hydrogens (tertiary/aromatic N) is 2. The molecule has 0 aliphatic heterocycles. The van der Waals surface area contributed by atoms with E-state index in [4.69, 9.17) is 0 Å². The highest BCUT2D eigenvalue weighted by Crippen LogP contribution is 2.66. The zero-order chi connectivity index (χ0) is 46.7. The van der Waals surface area contributed by atoms with Crippen LogP contribution in [0.5, 0.6) is 0 Å². The van der Waals surface area contributed by atoms with Gasteiger partial charge in [0.05, 0.1) is 5.41 Å². The van der Waals surface area contributed by atoms with Gasteiger partial charge in [-0.2, -0.15) is 0 Å². The predicted molar refractivity (Wildman–Crippen MR) is 293 cm³/mol. The Balaban J connectivity index is 1.12. The monoisotopic (exact) mass is 884 g/mol. The highest BCUT2D eigenvalue weighted by Gasteiger charge is 2.53. The number of hydrogen-bond donors (Lipinski definition) is 0. The van der Waals surface area contributed by atoms with E-state index >= 15 is 0 Å². The molecule has 2 aliphatic carbocycles. The number of fused-ring (bicyclic) bond motifs is 16. The molecule has 11 aromatic rings. The van der Waals surface area contributed by atoms with Gasteiger partial charge in [0.15, 0.2) is 0 Å². The Morgan fingerprint density at radius 2 is 0.797 bits per heavy atom. The third-order valence-corrected chi connectivity index (χ3v) is 15.3. The highest BCUT2D eigenvalue weighted by molar-refractivity contribution is 6.21. The number of aryl methyl sites for hydroxylation is 6. The van der Waals surface area contributed by atoms with E-state index in [1.165, 1.54) is 122 Å². The third kappa shape index (κ3) is 6.11. The Labute approximate surface area is 405 Å². The molecule has 0 radical (unpaired) electrons. The molecule has 0 saturated carbocycles. The molecule has 330 valence electrons. The van der Waals surface area contributed by atoms with Crippen molar-refractivity contribution < 1.29 is 0 Å². The highest BCUT2D eigenvalue weighted by atomic mass is 15.1. The van der Waals surface area contributed by atoms with Crippen LogP contribution >= 0.6 is 0 Å². The number of benzene rings is 11. The minimum absolute atomic E-state index is 0.570. The average Bonchev–Trinajstić information content (AvgIpc) is 3.84. The summed E-state index contributed by atoms with van der Waals surface area (Å²) in [5.41, 5.74) is 24.5. The minimum atomic E-state index is -0.570. The topological polar surface area (TPSA) is 6.48 Å². The molecule has 13 rings (SSSR count). The van der Waals surface area contributed by atoms with E-state index in [1.54, 1.807) is 0 Å². The molecule has 2 aliphatic rings. The third-order valence-electron chi connectivity index (χ3n) is 15.3. The molecule has 0 bridgehead atoms. The maximum atomic E-state index is 2.55. The second kappa shape index (κ2) is 15.4. The second-order valence-corrected chi connectivity index (χ2v) is 19.7. The fraction of sp³-hybridized carbons (Fsp3) is 0.104. The van der Waals surface area contributed by atoms with E-state index in [1.807, 2.05) is 0 Å². The summed E-state index contributed by atoms with van der Waals surface area (Å²) in [5, 5.41) is 7.53. The summed E-state index contributed by atoms with van der Waals surface area (Å²) in [6.07, 6.45) is 0. The molecule has 0 fully saturated rings. The van der Waals surface area contributed by atoms with Gasteiger partial charge in [0, 0.05) is 34.1 Å². The summed E-state index contributed by atoms with van der Waals surface area (Å²) in [7, 11) is 0. The van der Waals surface area contributed by atoms with Crippen LogP contribution in [0.3, 0.4) is 0 Å². The van der Waals surface area contributed by atoms with Crippen molar-refractivity contribution in [2.45, 2.75) is 47.0 Å². The van der Waals surface area contributed by atoms with Gasteiger partial charge in [-0.25, -0.2) is 0 Å². The van der Waals surface area contributed by atoms with Crippen LogP contribution in [0.1, 0.15) is 55.6 Å². The van der Waals surface area contributed by atoms with Crippen molar-refractivity contribution in [3.05, 3.63) is 262 Å². The summed E-state index contributed by atoms with van der Waals surface area (Å²) < 4.78 is 0. The van der Waals surface area contributed by atoms with Crippen molar-refractivity contribution in [2.75, 3.05) is 9.80 Å². The molecular weight excluding hydrogens is 833 g/mol. The molecule has 0 amide bonds. The first-order chi connectivity index (χ1) is 33.7. The van der Waals surface area contributed by atoms with Gasteiger partial charge in [-0.1, -0.05) is 145 Å². The normalized spacial score (nSPS) is 12.9. The predicted octanol–water partition coefficient (Wildman–Crippen LogP) is 18.3. The molecule has 11 aromatic carbocycles. The van der Waals surface area contributed by atoms with Gasteiger partial charge in [-0.15, -0.1) is 0 Å². The number of rotatable bonds is 6. The maximum absolute atomic E-state index is 2.55. The van der Waals surface area contributed by atoms with Gasteiger partial charge >= 0.3 is 0 Å². The van der Waals surface area contributed by atoms with Gasteiger partial charge in [-0.3, -0.25) is 0 Å². The lowest BCUT2D eigenvalue weighted by Crippen LogP contribution is -2.26. The lowest BCUT2D eigenvalue weighted by molar-refractivity contribution is 0.803. The molecule has 2 nitrogen and oxygen atoms in total. The van der Waals surface area contributed by atoms with Crippen LogP contribution in [0.25, 0.3) is 54.6 Å². The molecule has 0 N–H and O–H groups in total. The Morgan fingerprint density at radius 3 is 1.39 bits per heavy atom. The van der Waals surface area contributed by atoms with Crippen LogP contribution in [-0.2, 0) is 5.41 Å². The van der Waals surface area contributed by atoms with Crippen molar-refractivity contribution in [2.24, 2.45) is 0 Å². The van der Waals surface area contributed by atoms with Crippen LogP contribution in [0.15, 0.2) is 206 Å². The zero-order valence-electron chi connectivity index (χ0n) is 40.0. The molecule has 0 unspecified atom stereocenters. The Hall–Kier alpha value is -8.20. The lowest BCUT2D eigenvalue weighted by atomic mass is 9.69. The van der Waals surface area contributed by atoms with Crippen LogP contribution in [-0.4, -0.2) is 0 Å². The summed E-state index contributed by atoms with van der Waals surface area (Å²) in [6.45, 7) is 13.2. The number of hydrogen-bond acceptors (Lipinski definition) is 2. The fourth-order valence-electron chi connectivity index (χ4n) is 12.0. The molecular formula is C67H52N2. The zero-order valence-corrected chi connectivity index (χ0v) is 40.0. The summed E-state index contributed by atoms with van der Waals surface area (Å²) in [6, 6.07) is 78.5. The molecule has 1 spiro atoms. The van der Waals surface area contributed by atoms with Crippen molar-refractivity contribution >= 4 is 66.4 Å². The van der Waals surface area contributed by atoms with E-state index in [0.29, 0.717) is 0 Å². The fourth-order valence-corrected chi connectivity index (χ4v) is 12.0. The van der Waals surface area contributed by atoms with Crippen molar-refractivity contribution in [1.29, 1.82) is 0 Å². The first-order valence-electron chi connectivity index (χ1n) is 24.3. The quantitative estimate of drug-likeness (QED) is 0.154. The molecule has 0 atom stereocenters. The SMILES string of the molecule is Cc1ccc(N(c2ccc3cc4c(cc3c2)C2(c3ccccc3-c3ccccc32)c2c-4c3ccccc3c3cc(N(c4ccc(C)cc4)c4cc(C)ccc4C)ccc23)c2cc(C)ccc2C)cc1. The summed E-state index contributed by atoms with van der Waals surface area (Å²) >= 11 is 0. The van der Waals surface area contributed by atoms with E-state index in [9.17, 15) is 0 Å². The Morgan fingerprint density at radius 1 is 0.304 bits per heavy atom. The van der Waals surface area contributed by atoms with Gasteiger partial charge in [0.2, 0.25) is 0 Å². The van der Waals surface area contributed by atoms with Gasteiger partial charge in [0.1, 0.15) is 0 Å². The van der Waals surface area contributed by atoms with Crippen molar-refractivity contribution in [3.63, 3.8) is 0 Å². The van der Waals surface area contributed by atoms with Gasteiger partial charge < -0.3 is 9.80 Å². The van der Waals surface area contributed by atoms with Crippen LogP contribution < -0.4 is 9.80 Å². The minimum Gasteiger partial charge on any atom is -0.310 e. The van der Waals surface area contributed by atoms with E-state index in [0.717, 1.165) is 22.7 Å². The number of anilines is 6. The smallest absolute Gasteiger partial charge is 0.0731 e. The molecule has 69 heavy (non-hydrogen) atoms. The maximum Gasteiger partial charge on any atom is 0.0731 e. The van der Waals surface area contributed by atoms with Gasteiger partial charge in [-0.05, 0) is 213 Å². The largest absolute Gasteiger partial charge is 0.310 e. The average molecular weight is 885 g/mol. The molecule has 0 aromatic heterocycles. The molecule has 0 saturated heterocycles. The van der Waals surface area contributed by atoms with E-state index in [-0.39, 0.29) is 0 Å². The van der Waals surface area contributed by atoms with Crippen LogP contribution in [0, 0.1) is 41.5 Å². The molecule has 2 heteroatoms. The summed E-state index contributed by atoms with van der Waals surface area (Å²) in [4.78, 5) is 4.90. The van der Waals surface area contributed by atoms with Gasteiger partial charge in [0.25, 0.3) is 0 Å². The van der Waals surface area contributed by atoms with Crippen molar-refractivity contribution in [3.8, 4) is 22.3 Å².